The Hall–Kier alpha value is -2.74. The minimum atomic E-state index is -0.332. The topological polar surface area (TPSA) is 80.3 Å². The molecule has 0 atom stereocenters. The van der Waals surface area contributed by atoms with Crippen molar-refractivity contribution in [1.29, 1.82) is 0 Å². The molecule has 0 aliphatic heterocycles. The summed E-state index contributed by atoms with van der Waals surface area (Å²) in [7, 11) is 0. The van der Waals surface area contributed by atoms with Gasteiger partial charge >= 0.3 is 11.9 Å². The van der Waals surface area contributed by atoms with Crippen molar-refractivity contribution in [2.24, 2.45) is 0 Å². The van der Waals surface area contributed by atoms with E-state index in [9.17, 15) is 9.59 Å². The molecule has 7 heteroatoms. The first-order valence-corrected chi connectivity index (χ1v) is 12.2. The summed E-state index contributed by atoms with van der Waals surface area (Å²) in [6.07, 6.45) is 0. The lowest BCUT2D eigenvalue weighted by Crippen LogP contribution is -2.16. The third-order valence-corrected chi connectivity index (χ3v) is 5.27. The van der Waals surface area contributed by atoms with E-state index in [0.29, 0.717) is 50.8 Å². The Labute approximate surface area is 208 Å². The van der Waals surface area contributed by atoms with Gasteiger partial charge in [-0.15, -0.1) is 0 Å². The molecule has 7 nitrogen and oxygen atoms in total. The highest BCUT2D eigenvalue weighted by molar-refractivity contribution is 5.91. The monoisotopic (exact) mass is 486 g/mol. The van der Waals surface area contributed by atoms with Gasteiger partial charge in [-0.2, -0.15) is 0 Å². The number of ether oxygens (including phenoxy) is 5. The predicted molar refractivity (Wildman–Crippen MR) is 134 cm³/mol. The minimum Gasteiger partial charge on any atom is -0.460 e. The Kier molecular flexibility index (Phi) is 13.0. The summed E-state index contributed by atoms with van der Waals surface area (Å²) in [5.74, 6) is -0.168. The molecule has 0 unspecified atom stereocenters. The van der Waals surface area contributed by atoms with E-state index < -0.39 is 0 Å². The van der Waals surface area contributed by atoms with E-state index in [1.165, 1.54) is 0 Å². The molecule has 0 aliphatic rings. The van der Waals surface area contributed by atoms with Crippen molar-refractivity contribution in [3.63, 3.8) is 0 Å². The maximum atomic E-state index is 12.3. The maximum absolute atomic E-state index is 12.3. The van der Waals surface area contributed by atoms with Crippen molar-refractivity contribution in [2.75, 3.05) is 52.9 Å². The van der Waals surface area contributed by atoms with Crippen molar-refractivity contribution >= 4 is 11.9 Å². The molecule has 0 fully saturated rings. The van der Waals surface area contributed by atoms with Crippen LogP contribution in [0.1, 0.15) is 71.4 Å². The average Bonchev–Trinajstić information content (AvgIpc) is 2.86. The number of carbonyl (C=O) groups is 2. The molecule has 0 aromatic heterocycles. The Morgan fingerprint density at radius 2 is 0.857 bits per heavy atom. The number of hydrogen-bond acceptors (Lipinski definition) is 7. The number of rotatable bonds is 16. The predicted octanol–water partition coefficient (Wildman–Crippen LogP) is 5.00. The number of benzene rings is 2. The average molecular weight is 487 g/mol. The van der Waals surface area contributed by atoms with Crippen LogP contribution < -0.4 is 0 Å². The fourth-order valence-electron chi connectivity index (χ4n) is 3.46. The van der Waals surface area contributed by atoms with Gasteiger partial charge in [-0.05, 0) is 35.1 Å². The summed E-state index contributed by atoms with van der Waals surface area (Å²) in [6.45, 7) is 10.8. The summed E-state index contributed by atoms with van der Waals surface area (Å²) >= 11 is 0. The van der Waals surface area contributed by atoms with Crippen LogP contribution in [0.2, 0.25) is 0 Å². The summed E-state index contributed by atoms with van der Waals surface area (Å²) in [5, 5.41) is 0. The molecule has 0 bridgehead atoms. The highest BCUT2D eigenvalue weighted by atomic mass is 16.6. The second kappa shape index (κ2) is 16.0. The second-order valence-electron chi connectivity index (χ2n) is 8.59. The molecule has 35 heavy (non-hydrogen) atoms. The van der Waals surface area contributed by atoms with E-state index in [1.807, 2.05) is 64.1 Å². The number of esters is 2. The zero-order valence-corrected chi connectivity index (χ0v) is 21.3. The van der Waals surface area contributed by atoms with Gasteiger partial charge in [0.2, 0.25) is 0 Å². The molecule has 0 heterocycles. The standard InChI is InChI=1S/C28H38O7/c1-21(2)23-9-5-7-11-25(23)27(29)34-19-17-32-15-13-31-14-16-33-18-20-35-28(30)26-12-8-6-10-24(26)22(3)4/h5-12,21-22H,13-20H2,1-4H3. The normalized spacial score (nSPS) is 11.1. The zero-order chi connectivity index (χ0) is 25.5. The molecule has 2 aromatic carbocycles. The third-order valence-electron chi connectivity index (χ3n) is 5.27. The van der Waals surface area contributed by atoms with E-state index in [-0.39, 0.29) is 37.0 Å². The van der Waals surface area contributed by atoms with Crippen molar-refractivity contribution < 1.29 is 33.3 Å². The number of carbonyl (C=O) groups excluding carboxylic acids is 2. The van der Waals surface area contributed by atoms with E-state index in [1.54, 1.807) is 12.1 Å². The molecule has 0 amide bonds. The molecule has 2 aromatic rings. The Bertz CT molecular complexity index is 834. The molecule has 0 radical (unpaired) electrons. The summed E-state index contributed by atoms with van der Waals surface area (Å²) in [5.41, 5.74) is 3.15. The first-order chi connectivity index (χ1) is 16.9. The highest BCUT2D eigenvalue weighted by Gasteiger charge is 2.15. The maximum Gasteiger partial charge on any atom is 0.338 e. The molecule has 0 aliphatic carbocycles. The Morgan fingerprint density at radius 3 is 1.20 bits per heavy atom. The highest BCUT2D eigenvalue weighted by Crippen LogP contribution is 2.20. The molecule has 0 N–H and O–H groups in total. The first-order valence-electron chi connectivity index (χ1n) is 12.2. The SMILES string of the molecule is CC(C)c1ccccc1C(=O)OCCOCCOCCOCCOC(=O)c1ccccc1C(C)C. The van der Waals surface area contributed by atoms with Gasteiger partial charge in [0.1, 0.15) is 13.2 Å². The second-order valence-corrected chi connectivity index (χ2v) is 8.59. The lowest BCUT2D eigenvalue weighted by molar-refractivity contribution is -0.00679. The molecular weight excluding hydrogens is 448 g/mol. The smallest absolute Gasteiger partial charge is 0.338 e. The van der Waals surface area contributed by atoms with Crippen LogP contribution in [-0.2, 0) is 23.7 Å². The molecule has 0 spiro atoms. The van der Waals surface area contributed by atoms with Crippen LogP contribution in [0.25, 0.3) is 0 Å². The van der Waals surface area contributed by atoms with Gasteiger partial charge in [0, 0.05) is 0 Å². The quantitative estimate of drug-likeness (QED) is 0.244. The lowest BCUT2D eigenvalue weighted by Gasteiger charge is -2.12. The fourth-order valence-corrected chi connectivity index (χ4v) is 3.46. The van der Waals surface area contributed by atoms with Crippen molar-refractivity contribution in [3.8, 4) is 0 Å². The summed E-state index contributed by atoms with van der Waals surface area (Å²) in [4.78, 5) is 24.5. The van der Waals surface area contributed by atoms with E-state index in [4.69, 9.17) is 23.7 Å². The Balaban J connectivity index is 1.45. The molecule has 0 saturated carbocycles. The van der Waals surface area contributed by atoms with Gasteiger partial charge in [-0.25, -0.2) is 9.59 Å². The third kappa shape index (κ3) is 10.2. The summed E-state index contributed by atoms with van der Waals surface area (Å²) < 4.78 is 26.9. The van der Waals surface area contributed by atoms with Crippen molar-refractivity contribution in [2.45, 2.75) is 39.5 Å². The van der Waals surface area contributed by atoms with Gasteiger partial charge in [0.25, 0.3) is 0 Å². The largest absolute Gasteiger partial charge is 0.460 e. The van der Waals surface area contributed by atoms with Crippen LogP contribution in [0.15, 0.2) is 48.5 Å². The van der Waals surface area contributed by atoms with Crippen LogP contribution in [0.5, 0.6) is 0 Å². The molecule has 2 rings (SSSR count). The van der Waals surface area contributed by atoms with Crippen molar-refractivity contribution in [1.82, 2.24) is 0 Å². The fraction of sp³-hybridized carbons (Fsp3) is 0.500. The first kappa shape index (κ1) is 28.5. The van der Waals surface area contributed by atoms with Gasteiger partial charge in [0.15, 0.2) is 0 Å². The van der Waals surface area contributed by atoms with Gasteiger partial charge in [-0.1, -0.05) is 64.1 Å². The van der Waals surface area contributed by atoms with E-state index >= 15 is 0 Å². The van der Waals surface area contributed by atoms with Crippen LogP contribution in [0.4, 0.5) is 0 Å². The van der Waals surface area contributed by atoms with Gasteiger partial charge < -0.3 is 23.7 Å². The van der Waals surface area contributed by atoms with Crippen molar-refractivity contribution in [3.05, 3.63) is 70.8 Å². The van der Waals surface area contributed by atoms with Crippen LogP contribution >= 0.6 is 0 Å². The van der Waals surface area contributed by atoms with E-state index in [2.05, 4.69) is 0 Å². The van der Waals surface area contributed by atoms with Crippen LogP contribution in [0.3, 0.4) is 0 Å². The van der Waals surface area contributed by atoms with Crippen LogP contribution in [0, 0.1) is 0 Å². The lowest BCUT2D eigenvalue weighted by atomic mass is 9.97. The zero-order valence-electron chi connectivity index (χ0n) is 21.3. The van der Waals surface area contributed by atoms with Gasteiger partial charge in [-0.3, -0.25) is 0 Å². The molecule has 0 saturated heterocycles. The van der Waals surface area contributed by atoms with Gasteiger partial charge in [0.05, 0.1) is 50.8 Å². The minimum absolute atomic E-state index is 0.189. The van der Waals surface area contributed by atoms with Crippen LogP contribution in [-0.4, -0.2) is 64.8 Å². The molecular formula is C28H38O7. The number of hydrogen-bond donors (Lipinski definition) is 0. The Morgan fingerprint density at radius 1 is 0.543 bits per heavy atom. The van der Waals surface area contributed by atoms with E-state index in [0.717, 1.165) is 11.1 Å². The molecule has 192 valence electrons. The summed E-state index contributed by atoms with van der Waals surface area (Å²) in [6, 6.07) is 15.0.